The molecule has 7 N–H and O–H groups in total. The number of nitrogens with two attached hydrogens (primary N) is 2. The maximum Gasteiger partial charge on any atom is 0.244 e. The first-order valence-corrected chi connectivity index (χ1v) is 5.63. The highest BCUT2D eigenvalue weighted by atomic mass is 16.2. The second kappa shape index (κ2) is 8.86. The minimum atomic E-state index is -0.928. The van der Waals surface area contributed by atoms with Gasteiger partial charge in [0.1, 0.15) is 11.8 Å². The molecule has 108 valence electrons. The third-order valence-corrected chi connectivity index (χ3v) is 1.96. The molecule has 0 spiro atoms. The minimum absolute atomic E-state index is 0.0539. The largest absolute Gasteiger partial charge is 0.370 e. The molecule has 0 aliphatic heterocycles. The van der Waals surface area contributed by atoms with Crippen LogP contribution in [-0.4, -0.2) is 56.3 Å². The monoisotopic (exact) mass is 272 g/mol. The van der Waals surface area contributed by atoms with Gasteiger partial charge >= 0.3 is 0 Å². The Morgan fingerprint density at radius 1 is 1.21 bits per heavy atom. The molecule has 9 heteroatoms. The summed E-state index contributed by atoms with van der Waals surface area (Å²) in [6.07, 6.45) is 0. The Bertz CT molecular complexity index is 364. The molecule has 0 saturated carbocycles. The van der Waals surface area contributed by atoms with Crippen LogP contribution in [0.5, 0.6) is 0 Å². The quantitative estimate of drug-likeness (QED) is 0.230. The number of hydrogen-bond donors (Lipinski definition) is 5. The van der Waals surface area contributed by atoms with E-state index in [9.17, 15) is 14.4 Å². The van der Waals surface area contributed by atoms with Gasteiger partial charge in [-0.05, 0) is 14.0 Å². The van der Waals surface area contributed by atoms with Gasteiger partial charge < -0.3 is 27.4 Å². The van der Waals surface area contributed by atoms with Crippen molar-refractivity contribution in [3.63, 3.8) is 0 Å². The van der Waals surface area contributed by atoms with Crippen molar-refractivity contribution in [2.24, 2.45) is 16.5 Å². The van der Waals surface area contributed by atoms with Crippen LogP contribution in [0.25, 0.3) is 0 Å². The van der Waals surface area contributed by atoms with Gasteiger partial charge in [-0.1, -0.05) is 0 Å². The standard InChI is InChI=1S/C10H20N6O3/c1-6(17)3-14-9(19)7(4-15-10(11)12)16-8(18)5-13-2/h7,13H,3-5H2,1-2H3,(H,14,19)(H,16,18)(H4,11,12,15). The molecule has 0 aromatic rings. The molecule has 0 bridgehead atoms. The number of ketones is 1. The van der Waals surface area contributed by atoms with Crippen LogP contribution < -0.4 is 27.4 Å². The topological polar surface area (TPSA) is 152 Å². The predicted molar refractivity (Wildman–Crippen MR) is 70.2 cm³/mol. The number of nitrogens with zero attached hydrogens (tertiary/aromatic N) is 1. The van der Waals surface area contributed by atoms with Gasteiger partial charge in [-0.25, -0.2) is 0 Å². The zero-order valence-corrected chi connectivity index (χ0v) is 11.0. The SMILES string of the molecule is CNCC(=O)NC(CN=C(N)N)C(=O)NCC(C)=O. The Kier molecular flexibility index (Phi) is 7.85. The maximum atomic E-state index is 11.8. The molecular formula is C10H20N6O3. The second-order valence-corrected chi connectivity index (χ2v) is 3.84. The molecule has 0 heterocycles. The van der Waals surface area contributed by atoms with Crippen LogP contribution >= 0.6 is 0 Å². The molecule has 1 unspecified atom stereocenters. The first kappa shape index (κ1) is 16.8. The number of aliphatic imine (C=N–C) groups is 1. The lowest BCUT2D eigenvalue weighted by Gasteiger charge is -2.16. The number of guanidine groups is 1. The average molecular weight is 272 g/mol. The number of hydrogen-bond acceptors (Lipinski definition) is 5. The molecule has 2 amide bonds. The Morgan fingerprint density at radius 2 is 1.84 bits per heavy atom. The van der Waals surface area contributed by atoms with Crippen molar-refractivity contribution in [2.45, 2.75) is 13.0 Å². The lowest BCUT2D eigenvalue weighted by molar-refractivity contribution is -0.129. The van der Waals surface area contributed by atoms with Gasteiger partial charge in [-0.15, -0.1) is 0 Å². The van der Waals surface area contributed by atoms with E-state index in [1.54, 1.807) is 7.05 Å². The fourth-order valence-corrected chi connectivity index (χ4v) is 1.13. The molecule has 0 aromatic heterocycles. The number of nitrogens with one attached hydrogen (secondary N) is 3. The number of Topliss-reactive ketones (excluding diaryl/α,β-unsaturated/α-hetero) is 1. The van der Waals surface area contributed by atoms with E-state index in [1.165, 1.54) is 6.92 Å². The molecule has 0 radical (unpaired) electrons. The maximum absolute atomic E-state index is 11.8. The summed E-state index contributed by atoms with van der Waals surface area (Å²) in [7, 11) is 1.60. The summed E-state index contributed by atoms with van der Waals surface area (Å²) in [5.74, 6) is -1.29. The molecule has 1 atom stereocenters. The van der Waals surface area contributed by atoms with E-state index in [-0.39, 0.29) is 37.3 Å². The van der Waals surface area contributed by atoms with Crippen LogP contribution in [-0.2, 0) is 14.4 Å². The first-order valence-electron chi connectivity index (χ1n) is 5.63. The summed E-state index contributed by atoms with van der Waals surface area (Å²) >= 11 is 0. The highest BCUT2D eigenvalue weighted by molar-refractivity contribution is 5.91. The highest BCUT2D eigenvalue weighted by Crippen LogP contribution is 1.87. The zero-order valence-electron chi connectivity index (χ0n) is 11.0. The van der Waals surface area contributed by atoms with Crippen molar-refractivity contribution >= 4 is 23.6 Å². The van der Waals surface area contributed by atoms with Crippen molar-refractivity contribution in [3.05, 3.63) is 0 Å². The molecular weight excluding hydrogens is 252 g/mol. The molecule has 19 heavy (non-hydrogen) atoms. The van der Waals surface area contributed by atoms with Crippen molar-refractivity contribution < 1.29 is 14.4 Å². The Labute approximate surface area is 111 Å². The van der Waals surface area contributed by atoms with Crippen LogP contribution in [0.3, 0.4) is 0 Å². The van der Waals surface area contributed by atoms with E-state index in [1.807, 2.05) is 0 Å². The van der Waals surface area contributed by atoms with E-state index in [2.05, 4.69) is 20.9 Å². The third-order valence-electron chi connectivity index (χ3n) is 1.96. The molecule has 9 nitrogen and oxygen atoms in total. The average Bonchev–Trinajstić information content (AvgIpc) is 2.31. The number of carbonyl (C=O) groups is 3. The van der Waals surface area contributed by atoms with Crippen LogP contribution in [0.4, 0.5) is 0 Å². The Morgan fingerprint density at radius 3 is 2.32 bits per heavy atom. The van der Waals surface area contributed by atoms with Crippen LogP contribution in [0, 0.1) is 0 Å². The van der Waals surface area contributed by atoms with Gasteiger partial charge in [0.2, 0.25) is 11.8 Å². The Balaban J connectivity index is 4.55. The lowest BCUT2D eigenvalue weighted by Crippen LogP contribution is -2.51. The van der Waals surface area contributed by atoms with Crippen molar-refractivity contribution in [3.8, 4) is 0 Å². The third kappa shape index (κ3) is 8.55. The van der Waals surface area contributed by atoms with Gasteiger partial charge in [0.25, 0.3) is 0 Å². The van der Waals surface area contributed by atoms with E-state index < -0.39 is 11.9 Å². The van der Waals surface area contributed by atoms with Gasteiger partial charge in [0.05, 0.1) is 19.6 Å². The fraction of sp³-hybridized carbons (Fsp3) is 0.600. The summed E-state index contributed by atoms with van der Waals surface area (Å²) in [6.45, 7) is 1.18. The fourth-order valence-electron chi connectivity index (χ4n) is 1.13. The second-order valence-electron chi connectivity index (χ2n) is 3.84. The van der Waals surface area contributed by atoms with Crippen LogP contribution in [0.2, 0.25) is 0 Å². The summed E-state index contributed by atoms with van der Waals surface area (Å²) in [6, 6.07) is -0.928. The summed E-state index contributed by atoms with van der Waals surface area (Å²) in [4.78, 5) is 37.6. The summed E-state index contributed by atoms with van der Waals surface area (Å²) < 4.78 is 0. The van der Waals surface area contributed by atoms with Crippen LogP contribution in [0.15, 0.2) is 4.99 Å². The molecule has 0 saturated heterocycles. The number of rotatable bonds is 8. The molecule has 0 rings (SSSR count). The van der Waals surface area contributed by atoms with E-state index in [0.29, 0.717) is 0 Å². The zero-order chi connectivity index (χ0) is 14.8. The van der Waals surface area contributed by atoms with Crippen molar-refractivity contribution in [1.82, 2.24) is 16.0 Å². The highest BCUT2D eigenvalue weighted by Gasteiger charge is 2.20. The van der Waals surface area contributed by atoms with Gasteiger partial charge in [-0.2, -0.15) is 0 Å². The predicted octanol–water partition coefficient (Wildman–Crippen LogP) is -3.33. The van der Waals surface area contributed by atoms with Gasteiger partial charge in [0, 0.05) is 0 Å². The number of amides is 2. The first-order chi connectivity index (χ1) is 8.86. The number of likely N-dealkylation sites (N-methyl/N-ethyl adjacent to an activating group) is 1. The molecule has 0 fully saturated rings. The minimum Gasteiger partial charge on any atom is -0.370 e. The summed E-state index contributed by atoms with van der Waals surface area (Å²) in [5.41, 5.74) is 10.3. The van der Waals surface area contributed by atoms with E-state index >= 15 is 0 Å². The van der Waals surface area contributed by atoms with E-state index in [4.69, 9.17) is 11.5 Å². The molecule has 0 aliphatic carbocycles. The molecule has 0 aromatic carbocycles. The summed E-state index contributed by atoms with van der Waals surface area (Å²) in [5, 5.41) is 7.48. The van der Waals surface area contributed by atoms with Gasteiger partial charge in [-0.3, -0.25) is 19.4 Å². The van der Waals surface area contributed by atoms with Crippen molar-refractivity contribution in [1.29, 1.82) is 0 Å². The Hall–Kier alpha value is -2.16. The van der Waals surface area contributed by atoms with Gasteiger partial charge in [0.15, 0.2) is 5.96 Å². The lowest BCUT2D eigenvalue weighted by atomic mass is 10.2. The van der Waals surface area contributed by atoms with Crippen molar-refractivity contribution in [2.75, 3.05) is 26.7 Å². The number of carbonyl (C=O) groups excluding carboxylic acids is 3. The molecule has 0 aliphatic rings. The van der Waals surface area contributed by atoms with Crippen LogP contribution in [0.1, 0.15) is 6.92 Å². The van der Waals surface area contributed by atoms with E-state index in [0.717, 1.165) is 0 Å². The normalized spacial score (nSPS) is 11.3. The smallest absolute Gasteiger partial charge is 0.244 e.